The van der Waals surface area contributed by atoms with Crippen LogP contribution < -0.4 is 5.43 Å². The van der Waals surface area contributed by atoms with Crippen LogP contribution in [0.2, 0.25) is 0 Å². The van der Waals surface area contributed by atoms with Gasteiger partial charge in [0.25, 0.3) is 0 Å². The molecular formula is C14H17N3OS. The minimum absolute atomic E-state index is 0.300. The second-order valence-electron chi connectivity index (χ2n) is 4.61. The van der Waals surface area contributed by atoms with Gasteiger partial charge in [-0.1, -0.05) is 42.1 Å². The minimum Gasteiger partial charge on any atom is -0.376 e. The Hall–Kier alpha value is -1.33. The summed E-state index contributed by atoms with van der Waals surface area (Å²) in [5.74, 6) is 0.862. The van der Waals surface area contributed by atoms with Crippen LogP contribution in [0.5, 0.6) is 0 Å². The van der Waals surface area contributed by atoms with Crippen molar-refractivity contribution in [1.29, 1.82) is 0 Å². The number of ether oxygens (including phenoxy) is 1. The lowest BCUT2D eigenvalue weighted by molar-refractivity contribution is 0.118. The maximum Gasteiger partial charge on any atom is 0.177 e. The number of benzene rings is 1. The molecule has 0 radical (unpaired) electrons. The van der Waals surface area contributed by atoms with E-state index in [1.54, 1.807) is 11.8 Å². The lowest BCUT2D eigenvalue weighted by atomic mass is 10.1. The van der Waals surface area contributed by atoms with Crippen LogP contribution in [0.15, 0.2) is 40.4 Å². The zero-order valence-electron chi connectivity index (χ0n) is 10.7. The van der Waals surface area contributed by atoms with Crippen LogP contribution >= 0.6 is 11.8 Å². The van der Waals surface area contributed by atoms with E-state index in [-0.39, 0.29) is 0 Å². The molecule has 1 aromatic rings. The van der Waals surface area contributed by atoms with E-state index >= 15 is 0 Å². The zero-order chi connectivity index (χ0) is 12.9. The van der Waals surface area contributed by atoms with Gasteiger partial charge in [-0.2, -0.15) is 5.10 Å². The Balaban J connectivity index is 1.58. The van der Waals surface area contributed by atoms with Gasteiger partial charge in [0, 0.05) is 12.4 Å². The summed E-state index contributed by atoms with van der Waals surface area (Å²) in [6, 6.07) is 10.2. The minimum atomic E-state index is 0.300. The van der Waals surface area contributed by atoms with Gasteiger partial charge < -0.3 is 4.74 Å². The standard InChI is InChI=1S/C14H17N3OS/c1-2-5-11(6-3-1)13-10-19-14(17-16-13)15-9-12-7-4-8-18-12/h1-3,5-6,12H,4,7-10H2,(H,15,17)/t12-/m0/s1. The molecule has 5 heteroatoms. The van der Waals surface area contributed by atoms with E-state index in [1.807, 2.05) is 18.2 Å². The average molecular weight is 275 g/mol. The number of hydrogen-bond acceptors (Lipinski definition) is 4. The van der Waals surface area contributed by atoms with E-state index in [0.717, 1.165) is 42.6 Å². The van der Waals surface area contributed by atoms with Crippen molar-refractivity contribution in [3.05, 3.63) is 35.9 Å². The van der Waals surface area contributed by atoms with Crippen LogP contribution in [-0.2, 0) is 4.74 Å². The molecule has 2 aliphatic rings. The molecule has 19 heavy (non-hydrogen) atoms. The van der Waals surface area contributed by atoms with E-state index in [2.05, 4.69) is 27.7 Å². The topological polar surface area (TPSA) is 46.0 Å². The second-order valence-corrected chi connectivity index (χ2v) is 5.57. The lowest BCUT2D eigenvalue weighted by Gasteiger charge is -2.15. The maximum absolute atomic E-state index is 5.55. The van der Waals surface area contributed by atoms with Gasteiger partial charge in [-0.15, -0.1) is 0 Å². The highest BCUT2D eigenvalue weighted by Crippen LogP contribution is 2.15. The summed E-state index contributed by atoms with van der Waals surface area (Å²) < 4.78 is 5.55. The van der Waals surface area contributed by atoms with E-state index in [4.69, 9.17) is 4.74 Å². The number of hydrogen-bond donors (Lipinski definition) is 1. The van der Waals surface area contributed by atoms with E-state index in [1.165, 1.54) is 5.56 Å². The molecule has 1 aromatic carbocycles. The Morgan fingerprint density at radius 2 is 2.26 bits per heavy atom. The molecule has 2 heterocycles. The van der Waals surface area contributed by atoms with Crippen LogP contribution in [0.4, 0.5) is 0 Å². The number of nitrogens with one attached hydrogen (secondary N) is 1. The number of amidine groups is 1. The quantitative estimate of drug-likeness (QED) is 0.920. The molecule has 0 spiro atoms. The molecule has 3 rings (SSSR count). The van der Waals surface area contributed by atoms with Crippen molar-refractivity contribution in [2.45, 2.75) is 18.9 Å². The first kappa shape index (κ1) is 12.7. The summed E-state index contributed by atoms with van der Waals surface area (Å²) in [6.45, 7) is 1.62. The summed E-state index contributed by atoms with van der Waals surface area (Å²) in [5, 5.41) is 5.30. The van der Waals surface area contributed by atoms with Gasteiger partial charge in [-0.3, -0.25) is 10.4 Å². The first-order valence-corrected chi connectivity index (χ1v) is 7.57. The molecule has 1 atom stereocenters. The molecule has 1 saturated heterocycles. The molecular weight excluding hydrogens is 258 g/mol. The van der Waals surface area contributed by atoms with Crippen molar-refractivity contribution in [2.75, 3.05) is 18.9 Å². The summed E-state index contributed by atoms with van der Waals surface area (Å²) in [7, 11) is 0. The van der Waals surface area contributed by atoms with Crippen LogP contribution in [0.3, 0.4) is 0 Å². The number of thioether (sulfide) groups is 1. The maximum atomic E-state index is 5.55. The van der Waals surface area contributed by atoms with Crippen LogP contribution in [0, 0.1) is 0 Å². The molecule has 0 amide bonds. The predicted octanol–water partition coefficient (Wildman–Crippen LogP) is 2.26. The molecule has 0 aliphatic carbocycles. The summed E-state index contributed by atoms with van der Waals surface area (Å²) in [4.78, 5) is 4.53. The van der Waals surface area contributed by atoms with Gasteiger partial charge in [0.1, 0.15) is 0 Å². The summed E-state index contributed by atoms with van der Waals surface area (Å²) in [6.07, 6.45) is 2.58. The number of hydrazone groups is 1. The Bertz CT molecular complexity index is 481. The van der Waals surface area contributed by atoms with Gasteiger partial charge in [0.15, 0.2) is 5.17 Å². The first-order valence-electron chi connectivity index (χ1n) is 6.58. The fourth-order valence-electron chi connectivity index (χ4n) is 2.15. The van der Waals surface area contributed by atoms with Crippen molar-refractivity contribution in [2.24, 2.45) is 10.1 Å². The lowest BCUT2D eigenvalue weighted by Crippen LogP contribution is -2.26. The Kier molecular flexibility index (Phi) is 4.15. The summed E-state index contributed by atoms with van der Waals surface area (Å²) >= 11 is 1.70. The molecule has 1 fully saturated rings. The van der Waals surface area contributed by atoms with Crippen LogP contribution in [0.1, 0.15) is 18.4 Å². The molecule has 1 N–H and O–H groups in total. The fourth-order valence-corrected chi connectivity index (χ4v) is 2.93. The Morgan fingerprint density at radius 3 is 2.95 bits per heavy atom. The largest absolute Gasteiger partial charge is 0.376 e. The van der Waals surface area contributed by atoms with Crippen molar-refractivity contribution in [1.82, 2.24) is 5.43 Å². The van der Waals surface area contributed by atoms with Crippen molar-refractivity contribution in [3.63, 3.8) is 0 Å². The number of nitrogens with zero attached hydrogens (tertiary/aromatic N) is 2. The highest BCUT2D eigenvalue weighted by molar-refractivity contribution is 8.14. The van der Waals surface area contributed by atoms with Crippen molar-refractivity contribution < 1.29 is 4.74 Å². The van der Waals surface area contributed by atoms with E-state index in [0.29, 0.717) is 6.10 Å². The molecule has 0 unspecified atom stereocenters. The predicted molar refractivity (Wildman–Crippen MR) is 79.8 cm³/mol. The molecule has 0 aromatic heterocycles. The number of aliphatic imine (C=N–C) groups is 1. The molecule has 2 aliphatic heterocycles. The third kappa shape index (κ3) is 3.36. The monoisotopic (exact) mass is 275 g/mol. The highest BCUT2D eigenvalue weighted by Gasteiger charge is 2.16. The first-order chi connectivity index (χ1) is 9.42. The molecule has 100 valence electrons. The molecule has 0 bridgehead atoms. The van der Waals surface area contributed by atoms with Gasteiger partial charge >= 0.3 is 0 Å². The number of rotatable bonds is 3. The fraction of sp³-hybridized carbons (Fsp3) is 0.429. The van der Waals surface area contributed by atoms with Crippen molar-refractivity contribution >= 4 is 22.6 Å². The van der Waals surface area contributed by atoms with Crippen molar-refractivity contribution in [3.8, 4) is 0 Å². The Morgan fingerprint density at radius 1 is 1.37 bits per heavy atom. The average Bonchev–Trinajstić information content (AvgIpc) is 3.00. The van der Waals surface area contributed by atoms with Gasteiger partial charge in [0.05, 0.1) is 18.4 Å². The van der Waals surface area contributed by atoms with Crippen LogP contribution in [-0.4, -0.2) is 35.9 Å². The molecule has 4 nitrogen and oxygen atoms in total. The SMILES string of the molecule is c1ccc(C2=NNC(=NC[C@@H]3CCCO3)SC2)cc1. The smallest absolute Gasteiger partial charge is 0.177 e. The van der Waals surface area contributed by atoms with E-state index < -0.39 is 0 Å². The molecule has 0 saturated carbocycles. The summed E-state index contributed by atoms with van der Waals surface area (Å²) in [5.41, 5.74) is 5.28. The Labute approximate surface area is 117 Å². The van der Waals surface area contributed by atoms with Gasteiger partial charge in [0.2, 0.25) is 0 Å². The van der Waals surface area contributed by atoms with E-state index in [9.17, 15) is 0 Å². The third-order valence-corrected chi connectivity index (χ3v) is 4.11. The van der Waals surface area contributed by atoms with Gasteiger partial charge in [-0.05, 0) is 18.4 Å². The third-order valence-electron chi connectivity index (χ3n) is 3.20. The normalized spacial score (nSPS) is 25.2. The van der Waals surface area contributed by atoms with Crippen LogP contribution in [0.25, 0.3) is 0 Å². The van der Waals surface area contributed by atoms with Gasteiger partial charge in [-0.25, -0.2) is 0 Å². The zero-order valence-corrected chi connectivity index (χ0v) is 11.5. The second kappa shape index (κ2) is 6.21. The highest BCUT2D eigenvalue weighted by atomic mass is 32.2.